The Morgan fingerprint density at radius 2 is 1.93 bits per heavy atom. The molecule has 3 heterocycles. The molecule has 0 saturated carbocycles. The van der Waals surface area contributed by atoms with E-state index in [1.807, 2.05) is 11.9 Å². The molecule has 3 aliphatic rings. The normalized spacial score (nSPS) is 29.1. The van der Waals surface area contributed by atoms with E-state index in [0.29, 0.717) is 18.7 Å². The fourth-order valence-corrected chi connectivity index (χ4v) is 4.20. The number of guanidine groups is 1. The molecule has 8 heteroatoms. The predicted octanol–water partition coefficient (Wildman–Crippen LogP) is -0.00580. The van der Waals surface area contributed by atoms with Gasteiger partial charge in [-0.1, -0.05) is 0 Å². The van der Waals surface area contributed by atoms with Crippen molar-refractivity contribution in [1.82, 2.24) is 20.0 Å². The summed E-state index contributed by atoms with van der Waals surface area (Å²) in [4.78, 5) is 23.6. The van der Waals surface area contributed by atoms with E-state index in [4.69, 9.17) is 9.47 Å². The van der Waals surface area contributed by atoms with E-state index in [0.717, 1.165) is 71.3 Å². The highest BCUT2D eigenvalue weighted by Gasteiger charge is 2.31. The summed E-state index contributed by atoms with van der Waals surface area (Å²) in [5, 5.41) is 3.52. The van der Waals surface area contributed by atoms with Crippen LogP contribution >= 0.6 is 0 Å². The lowest BCUT2D eigenvalue weighted by molar-refractivity contribution is -0.142. The highest BCUT2D eigenvalue weighted by atomic mass is 16.5. The molecule has 3 rings (SSSR count). The van der Waals surface area contributed by atoms with Crippen LogP contribution in [0.5, 0.6) is 0 Å². The van der Waals surface area contributed by atoms with Gasteiger partial charge in [-0.15, -0.1) is 0 Å². The van der Waals surface area contributed by atoms with Crippen LogP contribution in [0.15, 0.2) is 4.99 Å². The second-order valence-electron chi connectivity index (χ2n) is 7.75. The number of rotatable bonds is 4. The summed E-state index contributed by atoms with van der Waals surface area (Å²) in [6.07, 6.45) is 1.64. The SMILES string of the molecule is CN=C(NCC(C)N1CCOCC1C)N1CCN(C(=O)C2CCCO2)CC1. The minimum absolute atomic E-state index is 0.157. The van der Waals surface area contributed by atoms with Crippen molar-refractivity contribution in [2.45, 2.75) is 44.9 Å². The molecule has 1 N–H and O–H groups in total. The van der Waals surface area contributed by atoms with Crippen LogP contribution in [-0.4, -0.2) is 111 Å². The van der Waals surface area contributed by atoms with Crippen molar-refractivity contribution in [1.29, 1.82) is 0 Å². The summed E-state index contributed by atoms with van der Waals surface area (Å²) >= 11 is 0. The number of amides is 1. The highest BCUT2D eigenvalue weighted by molar-refractivity contribution is 5.82. The lowest BCUT2D eigenvalue weighted by Gasteiger charge is -2.40. The maximum absolute atomic E-state index is 12.5. The zero-order chi connectivity index (χ0) is 19.2. The predicted molar refractivity (Wildman–Crippen MR) is 105 cm³/mol. The molecule has 0 aliphatic carbocycles. The van der Waals surface area contributed by atoms with Crippen molar-refractivity contribution in [3.63, 3.8) is 0 Å². The van der Waals surface area contributed by atoms with Crippen molar-refractivity contribution < 1.29 is 14.3 Å². The molecule has 3 aliphatic heterocycles. The van der Waals surface area contributed by atoms with Gasteiger partial charge in [0.15, 0.2) is 5.96 Å². The molecule has 0 radical (unpaired) electrons. The van der Waals surface area contributed by atoms with Gasteiger partial charge in [-0.25, -0.2) is 0 Å². The molecule has 0 aromatic rings. The monoisotopic (exact) mass is 381 g/mol. The average Bonchev–Trinajstić information content (AvgIpc) is 3.23. The number of nitrogens with zero attached hydrogens (tertiary/aromatic N) is 4. The summed E-state index contributed by atoms with van der Waals surface area (Å²) < 4.78 is 11.1. The molecular formula is C19H35N5O3. The van der Waals surface area contributed by atoms with Crippen LogP contribution < -0.4 is 5.32 Å². The van der Waals surface area contributed by atoms with Gasteiger partial charge < -0.3 is 24.6 Å². The third-order valence-electron chi connectivity index (χ3n) is 5.85. The first-order valence-corrected chi connectivity index (χ1v) is 10.3. The fraction of sp³-hybridized carbons (Fsp3) is 0.895. The lowest BCUT2D eigenvalue weighted by atomic mass is 10.2. The number of hydrogen-bond acceptors (Lipinski definition) is 5. The maximum atomic E-state index is 12.5. The third kappa shape index (κ3) is 5.12. The summed E-state index contributed by atoms with van der Waals surface area (Å²) in [7, 11) is 1.83. The zero-order valence-corrected chi connectivity index (χ0v) is 17.0. The molecule has 1 amide bonds. The van der Waals surface area contributed by atoms with E-state index in [1.54, 1.807) is 0 Å². The Bertz CT molecular complexity index is 515. The number of piperazine rings is 1. The molecule has 27 heavy (non-hydrogen) atoms. The first-order chi connectivity index (χ1) is 13.1. The number of hydrogen-bond donors (Lipinski definition) is 1. The second-order valence-corrected chi connectivity index (χ2v) is 7.75. The molecule has 0 aromatic carbocycles. The molecule has 0 spiro atoms. The second kappa shape index (κ2) is 9.71. The van der Waals surface area contributed by atoms with Crippen LogP contribution in [0, 0.1) is 0 Å². The Balaban J connectivity index is 1.44. The standard InChI is InChI=1S/C19H35N5O3/c1-15(24-10-12-26-14-16(24)2)13-21-19(20-3)23-8-6-22(7-9-23)18(25)17-5-4-11-27-17/h15-17H,4-14H2,1-3H3,(H,20,21). The van der Waals surface area contributed by atoms with Crippen molar-refractivity contribution >= 4 is 11.9 Å². The van der Waals surface area contributed by atoms with Gasteiger partial charge in [0.2, 0.25) is 0 Å². The molecule has 3 fully saturated rings. The smallest absolute Gasteiger partial charge is 0.251 e. The van der Waals surface area contributed by atoms with Crippen LogP contribution in [0.3, 0.4) is 0 Å². The van der Waals surface area contributed by atoms with E-state index in [2.05, 4.69) is 34.0 Å². The van der Waals surface area contributed by atoms with E-state index < -0.39 is 0 Å². The summed E-state index contributed by atoms with van der Waals surface area (Å²) in [6, 6.07) is 0.868. The maximum Gasteiger partial charge on any atom is 0.251 e. The van der Waals surface area contributed by atoms with Gasteiger partial charge in [0, 0.05) is 65.0 Å². The number of ether oxygens (including phenoxy) is 2. The molecule has 3 unspecified atom stereocenters. The van der Waals surface area contributed by atoms with E-state index in [-0.39, 0.29) is 12.0 Å². The Morgan fingerprint density at radius 3 is 2.56 bits per heavy atom. The molecule has 3 saturated heterocycles. The first kappa shape index (κ1) is 20.4. The number of nitrogens with one attached hydrogen (secondary N) is 1. The Labute approximate surface area is 162 Å². The lowest BCUT2D eigenvalue weighted by Crippen LogP contribution is -2.57. The Kier molecular flexibility index (Phi) is 7.32. The summed E-state index contributed by atoms with van der Waals surface area (Å²) in [5.41, 5.74) is 0. The Hall–Kier alpha value is -1.38. The van der Waals surface area contributed by atoms with Crippen LogP contribution in [0.25, 0.3) is 0 Å². The minimum Gasteiger partial charge on any atom is -0.379 e. The molecule has 0 aromatic heterocycles. The van der Waals surface area contributed by atoms with Gasteiger partial charge in [0.1, 0.15) is 6.10 Å². The summed E-state index contributed by atoms with van der Waals surface area (Å²) in [6.45, 7) is 11.7. The number of carbonyl (C=O) groups is 1. The van der Waals surface area contributed by atoms with Crippen LogP contribution in [-0.2, 0) is 14.3 Å². The van der Waals surface area contributed by atoms with E-state index >= 15 is 0 Å². The van der Waals surface area contributed by atoms with Gasteiger partial charge in [-0.3, -0.25) is 14.7 Å². The van der Waals surface area contributed by atoms with Gasteiger partial charge in [0.05, 0.1) is 13.2 Å². The molecule has 0 bridgehead atoms. The van der Waals surface area contributed by atoms with Gasteiger partial charge >= 0.3 is 0 Å². The highest BCUT2D eigenvalue weighted by Crippen LogP contribution is 2.16. The third-order valence-corrected chi connectivity index (χ3v) is 5.85. The largest absolute Gasteiger partial charge is 0.379 e. The van der Waals surface area contributed by atoms with Crippen LogP contribution in [0.4, 0.5) is 0 Å². The van der Waals surface area contributed by atoms with Gasteiger partial charge in [0.25, 0.3) is 5.91 Å². The van der Waals surface area contributed by atoms with Crippen molar-refractivity contribution in [2.24, 2.45) is 4.99 Å². The molecule has 154 valence electrons. The quantitative estimate of drug-likeness (QED) is 0.546. The van der Waals surface area contributed by atoms with E-state index in [1.165, 1.54) is 0 Å². The molecule has 3 atom stereocenters. The van der Waals surface area contributed by atoms with Gasteiger partial charge in [-0.05, 0) is 26.7 Å². The fourth-order valence-electron chi connectivity index (χ4n) is 4.20. The number of morpholine rings is 1. The van der Waals surface area contributed by atoms with Gasteiger partial charge in [-0.2, -0.15) is 0 Å². The van der Waals surface area contributed by atoms with Crippen LogP contribution in [0.2, 0.25) is 0 Å². The van der Waals surface area contributed by atoms with E-state index in [9.17, 15) is 4.79 Å². The zero-order valence-electron chi connectivity index (χ0n) is 17.0. The van der Waals surface area contributed by atoms with Crippen LogP contribution in [0.1, 0.15) is 26.7 Å². The topological polar surface area (TPSA) is 69.6 Å². The average molecular weight is 382 g/mol. The Morgan fingerprint density at radius 1 is 1.19 bits per heavy atom. The van der Waals surface area contributed by atoms with Crippen molar-refractivity contribution in [2.75, 3.05) is 66.1 Å². The van der Waals surface area contributed by atoms with Crippen molar-refractivity contribution in [3.8, 4) is 0 Å². The molecular weight excluding hydrogens is 346 g/mol. The summed E-state index contributed by atoms with van der Waals surface area (Å²) in [5.74, 6) is 1.08. The first-order valence-electron chi connectivity index (χ1n) is 10.3. The number of aliphatic imine (C=N–C) groups is 1. The minimum atomic E-state index is -0.217. The number of carbonyl (C=O) groups excluding carboxylic acids is 1. The van der Waals surface area contributed by atoms with Crippen molar-refractivity contribution in [3.05, 3.63) is 0 Å². The molecule has 8 nitrogen and oxygen atoms in total.